The van der Waals surface area contributed by atoms with Crippen molar-refractivity contribution in [2.75, 3.05) is 0 Å². The first-order valence-electron chi connectivity index (χ1n) is 4.94. The fraction of sp³-hybridized carbons (Fsp3) is 0. The van der Waals surface area contributed by atoms with Crippen LogP contribution in [0.1, 0.15) is 0 Å². The summed E-state index contributed by atoms with van der Waals surface area (Å²) in [5, 5.41) is 11.2. The van der Waals surface area contributed by atoms with Crippen LogP contribution in [0.15, 0.2) is 42.5 Å². The van der Waals surface area contributed by atoms with E-state index in [1.165, 1.54) is 12.1 Å². The van der Waals surface area contributed by atoms with Crippen molar-refractivity contribution in [3.63, 3.8) is 0 Å². The van der Waals surface area contributed by atoms with Crippen LogP contribution in [0.25, 0.3) is 0 Å². The van der Waals surface area contributed by atoms with E-state index < -0.39 is 4.92 Å². The molecule has 0 N–H and O–H groups in total. The molecule has 0 amide bonds. The summed E-state index contributed by atoms with van der Waals surface area (Å²) in [7, 11) is 0. The Labute approximate surface area is 122 Å². The van der Waals surface area contributed by atoms with Crippen molar-refractivity contribution in [1.29, 1.82) is 0 Å². The Morgan fingerprint density at radius 3 is 2.56 bits per heavy atom. The van der Waals surface area contributed by atoms with Crippen molar-refractivity contribution in [1.82, 2.24) is 0 Å². The van der Waals surface area contributed by atoms with E-state index in [1.807, 2.05) is 12.1 Å². The molecule has 4 nitrogen and oxygen atoms in total. The zero-order valence-corrected chi connectivity index (χ0v) is 11.9. The smallest absolute Gasteiger partial charge is 0.313 e. The van der Waals surface area contributed by atoms with Crippen LogP contribution in [0.2, 0.25) is 5.02 Å². The molecule has 18 heavy (non-hydrogen) atoms. The maximum atomic E-state index is 10.9. The van der Waals surface area contributed by atoms with Gasteiger partial charge in [0, 0.05) is 11.1 Å². The van der Waals surface area contributed by atoms with Crippen LogP contribution in [0, 0.1) is 13.7 Å². The van der Waals surface area contributed by atoms with Crippen molar-refractivity contribution >= 4 is 39.9 Å². The van der Waals surface area contributed by atoms with E-state index in [0.717, 1.165) is 3.57 Å². The SMILES string of the molecule is O=[N+]([O-])c1cc(Cl)ccc1Oc1ccccc1I. The van der Waals surface area contributed by atoms with E-state index in [-0.39, 0.29) is 11.4 Å². The van der Waals surface area contributed by atoms with Crippen LogP contribution in [-0.2, 0) is 0 Å². The molecule has 0 radical (unpaired) electrons. The second-order valence-corrected chi connectivity index (χ2v) is 5.00. The average molecular weight is 376 g/mol. The Hall–Kier alpha value is -1.34. The molecule has 2 rings (SSSR count). The maximum absolute atomic E-state index is 10.9. The van der Waals surface area contributed by atoms with Crippen molar-refractivity contribution in [3.8, 4) is 11.5 Å². The number of nitro groups is 1. The molecule has 92 valence electrons. The highest BCUT2D eigenvalue weighted by molar-refractivity contribution is 14.1. The summed E-state index contributed by atoms with van der Waals surface area (Å²) in [6.07, 6.45) is 0. The molecule has 0 bridgehead atoms. The van der Waals surface area contributed by atoms with Gasteiger partial charge in [0.2, 0.25) is 5.75 Å². The monoisotopic (exact) mass is 375 g/mol. The van der Waals surface area contributed by atoms with Gasteiger partial charge in [-0.15, -0.1) is 0 Å². The molecule has 0 atom stereocenters. The minimum absolute atomic E-state index is 0.151. The van der Waals surface area contributed by atoms with Gasteiger partial charge in [-0.2, -0.15) is 0 Å². The number of ether oxygens (including phenoxy) is 1. The molecule has 0 saturated heterocycles. The molecule has 0 aromatic heterocycles. The summed E-state index contributed by atoms with van der Waals surface area (Å²) >= 11 is 7.84. The molecule has 0 heterocycles. The molecule has 0 saturated carbocycles. The average Bonchev–Trinajstić information content (AvgIpc) is 2.34. The molecule has 2 aromatic rings. The van der Waals surface area contributed by atoms with Gasteiger partial charge in [-0.1, -0.05) is 23.7 Å². The maximum Gasteiger partial charge on any atom is 0.313 e. The van der Waals surface area contributed by atoms with Gasteiger partial charge in [-0.25, -0.2) is 0 Å². The highest BCUT2D eigenvalue weighted by atomic mass is 127. The van der Waals surface area contributed by atoms with Crippen LogP contribution in [0.5, 0.6) is 11.5 Å². The number of hydrogen-bond acceptors (Lipinski definition) is 3. The van der Waals surface area contributed by atoms with E-state index in [2.05, 4.69) is 22.6 Å². The van der Waals surface area contributed by atoms with Gasteiger partial charge in [0.05, 0.1) is 8.49 Å². The first-order valence-corrected chi connectivity index (χ1v) is 6.40. The molecule has 2 aromatic carbocycles. The predicted octanol–water partition coefficient (Wildman–Crippen LogP) is 4.65. The van der Waals surface area contributed by atoms with Crippen LogP contribution in [0.4, 0.5) is 5.69 Å². The number of nitrogens with zero attached hydrogens (tertiary/aromatic N) is 1. The lowest BCUT2D eigenvalue weighted by Gasteiger charge is -2.07. The molecule has 0 unspecified atom stereocenters. The van der Waals surface area contributed by atoms with E-state index in [1.54, 1.807) is 18.2 Å². The number of halogens is 2. The Balaban J connectivity index is 2.41. The molecule has 0 spiro atoms. The van der Waals surface area contributed by atoms with E-state index in [9.17, 15) is 10.1 Å². The normalized spacial score (nSPS) is 10.1. The van der Waals surface area contributed by atoms with E-state index >= 15 is 0 Å². The van der Waals surface area contributed by atoms with Crippen LogP contribution < -0.4 is 4.74 Å². The summed E-state index contributed by atoms with van der Waals surface area (Å²) in [6, 6.07) is 11.6. The Kier molecular flexibility index (Phi) is 4.03. The molecule has 0 aliphatic rings. The number of hydrogen-bond donors (Lipinski definition) is 0. The standard InChI is InChI=1S/C12H7ClINO3/c13-8-5-6-12(10(7-8)15(16)17)18-11-4-2-1-3-9(11)14/h1-7H. The summed E-state index contributed by atoms with van der Waals surface area (Å²) in [4.78, 5) is 10.4. The number of benzene rings is 2. The highest BCUT2D eigenvalue weighted by Gasteiger charge is 2.17. The first kappa shape index (κ1) is 13.1. The van der Waals surface area contributed by atoms with E-state index in [4.69, 9.17) is 16.3 Å². The predicted molar refractivity (Wildman–Crippen MR) is 77.3 cm³/mol. The van der Waals surface area contributed by atoms with Crippen molar-refractivity contribution in [3.05, 3.63) is 61.2 Å². The zero-order valence-electron chi connectivity index (χ0n) is 8.97. The fourth-order valence-electron chi connectivity index (χ4n) is 1.37. The number of rotatable bonds is 3. The largest absolute Gasteiger partial charge is 0.449 e. The van der Waals surface area contributed by atoms with Crippen molar-refractivity contribution in [2.24, 2.45) is 0 Å². The van der Waals surface area contributed by atoms with Gasteiger partial charge >= 0.3 is 5.69 Å². The van der Waals surface area contributed by atoms with Gasteiger partial charge in [0.1, 0.15) is 5.75 Å². The van der Waals surface area contributed by atoms with Crippen LogP contribution in [0.3, 0.4) is 0 Å². The quantitative estimate of drug-likeness (QED) is 0.446. The van der Waals surface area contributed by atoms with Gasteiger partial charge in [-0.3, -0.25) is 10.1 Å². The third kappa shape index (κ3) is 2.91. The van der Waals surface area contributed by atoms with E-state index in [0.29, 0.717) is 10.8 Å². The lowest BCUT2D eigenvalue weighted by molar-refractivity contribution is -0.385. The zero-order chi connectivity index (χ0) is 13.1. The van der Waals surface area contributed by atoms with Gasteiger partial charge in [0.25, 0.3) is 0 Å². The second-order valence-electron chi connectivity index (χ2n) is 3.40. The Morgan fingerprint density at radius 2 is 1.89 bits per heavy atom. The Morgan fingerprint density at radius 1 is 1.17 bits per heavy atom. The highest BCUT2D eigenvalue weighted by Crippen LogP contribution is 2.34. The molecule has 0 aliphatic carbocycles. The lowest BCUT2D eigenvalue weighted by atomic mass is 10.3. The van der Waals surface area contributed by atoms with Crippen molar-refractivity contribution in [2.45, 2.75) is 0 Å². The molecule has 6 heteroatoms. The first-order chi connectivity index (χ1) is 8.58. The minimum atomic E-state index is -0.517. The Bertz CT molecular complexity index is 604. The van der Waals surface area contributed by atoms with Crippen LogP contribution >= 0.6 is 34.2 Å². The second kappa shape index (κ2) is 5.53. The minimum Gasteiger partial charge on any atom is -0.449 e. The molecular formula is C12H7ClINO3. The molecule has 0 fully saturated rings. The third-order valence-electron chi connectivity index (χ3n) is 2.17. The summed E-state index contributed by atoms with van der Waals surface area (Å²) < 4.78 is 6.42. The van der Waals surface area contributed by atoms with Crippen molar-refractivity contribution < 1.29 is 9.66 Å². The lowest BCUT2D eigenvalue weighted by Crippen LogP contribution is -1.94. The topological polar surface area (TPSA) is 52.4 Å². The number of nitro benzene ring substituents is 1. The summed E-state index contributed by atoms with van der Waals surface area (Å²) in [6.45, 7) is 0. The third-order valence-corrected chi connectivity index (χ3v) is 3.30. The molecular weight excluding hydrogens is 368 g/mol. The van der Waals surface area contributed by atoms with Gasteiger partial charge in [0.15, 0.2) is 0 Å². The summed E-state index contributed by atoms with van der Waals surface area (Å²) in [5.74, 6) is 0.747. The van der Waals surface area contributed by atoms with Crippen LogP contribution in [-0.4, -0.2) is 4.92 Å². The van der Waals surface area contributed by atoms with Gasteiger partial charge < -0.3 is 4.74 Å². The molecule has 0 aliphatic heterocycles. The van der Waals surface area contributed by atoms with Gasteiger partial charge in [-0.05, 0) is 46.9 Å². The summed E-state index contributed by atoms with van der Waals surface area (Å²) in [5.41, 5.74) is -0.151. The number of para-hydroxylation sites is 1. The fourth-order valence-corrected chi connectivity index (χ4v) is 2.03.